The van der Waals surface area contributed by atoms with Crippen LogP contribution in [0.15, 0.2) is 41.1 Å². The molecule has 2 aromatic heterocycles. The number of aromatic nitrogens is 3. The molecule has 0 aliphatic rings. The van der Waals surface area contributed by atoms with Gasteiger partial charge in [-0.1, -0.05) is 28.4 Å². The molecule has 0 atom stereocenters. The Morgan fingerprint density at radius 2 is 1.95 bits per heavy atom. The Bertz CT molecular complexity index is 837. The minimum Gasteiger partial charge on any atom is -0.332 e. The van der Waals surface area contributed by atoms with Gasteiger partial charge in [-0.3, -0.25) is 0 Å². The van der Waals surface area contributed by atoms with Crippen molar-refractivity contribution in [3.8, 4) is 29.0 Å². The summed E-state index contributed by atoms with van der Waals surface area (Å²) in [7, 11) is 0. The number of benzene rings is 1. The summed E-state index contributed by atoms with van der Waals surface area (Å²) in [4.78, 5) is 8.34. The maximum Gasteiger partial charge on any atom is 0.276 e. The molecular weight excluding hydrogens is 311 g/mol. The second-order valence-electron chi connectivity index (χ2n) is 4.10. The first-order valence-electron chi connectivity index (χ1n) is 5.83. The molecule has 0 unspecified atom stereocenters. The lowest BCUT2D eigenvalue weighted by Crippen LogP contribution is -1.85. The normalized spacial score (nSPS) is 10.3. The van der Waals surface area contributed by atoms with E-state index in [-0.39, 0.29) is 5.89 Å². The zero-order chi connectivity index (χ0) is 14.8. The molecule has 0 aliphatic heterocycles. The second kappa shape index (κ2) is 5.52. The Morgan fingerprint density at radius 1 is 1.10 bits per heavy atom. The van der Waals surface area contributed by atoms with Crippen molar-refractivity contribution in [1.29, 1.82) is 5.26 Å². The van der Waals surface area contributed by atoms with Crippen LogP contribution in [0.1, 0.15) is 5.56 Å². The fourth-order valence-electron chi connectivity index (χ4n) is 1.67. The first-order chi connectivity index (χ1) is 10.2. The van der Waals surface area contributed by atoms with E-state index in [0.29, 0.717) is 32.7 Å². The zero-order valence-electron chi connectivity index (χ0n) is 10.4. The molecule has 0 fully saturated rings. The molecule has 5 nitrogen and oxygen atoms in total. The van der Waals surface area contributed by atoms with Crippen molar-refractivity contribution in [2.75, 3.05) is 0 Å². The van der Waals surface area contributed by atoms with Gasteiger partial charge in [-0.15, -0.1) is 0 Å². The van der Waals surface area contributed by atoms with Crippen molar-refractivity contribution < 1.29 is 4.52 Å². The highest BCUT2D eigenvalue weighted by Crippen LogP contribution is 2.28. The first-order valence-corrected chi connectivity index (χ1v) is 6.58. The maximum absolute atomic E-state index is 8.74. The maximum atomic E-state index is 8.74. The molecule has 0 radical (unpaired) electrons. The Hall–Kier alpha value is -2.42. The van der Waals surface area contributed by atoms with Gasteiger partial charge in [-0.25, -0.2) is 4.98 Å². The molecule has 3 aromatic rings. The summed E-state index contributed by atoms with van der Waals surface area (Å²) in [6.07, 6.45) is 1.44. The smallest absolute Gasteiger partial charge is 0.276 e. The molecule has 0 aliphatic carbocycles. The van der Waals surface area contributed by atoms with E-state index < -0.39 is 0 Å². The number of nitrogens with zero attached hydrogens (tertiary/aromatic N) is 4. The van der Waals surface area contributed by atoms with Gasteiger partial charge in [0.25, 0.3) is 5.89 Å². The molecule has 0 bridgehead atoms. The standard InChI is InChI=1S/C14H6Cl2N4O/c15-10-3-2-9(5-11(10)16)13-19-14(21-20-13)12-4-1-8(6-17)7-18-12/h1-5,7H. The molecule has 3 rings (SSSR count). The van der Waals surface area contributed by atoms with Crippen LogP contribution < -0.4 is 0 Å². The van der Waals surface area contributed by atoms with Crippen LogP contribution in [0, 0.1) is 11.3 Å². The molecule has 1 aromatic carbocycles. The minimum absolute atomic E-state index is 0.264. The van der Waals surface area contributed by atoms with Crippen molar-refractivity contribution in [2.24, 2.45) is 0 Å². The van der Waals surface area contributed by atoms with Gasteiger partial charge in [-0.2, -0.15) is 10.2 Å². The molecule has 21 heavy (non-hydrogen) atoms. The molecular formula is C14H6Cl2N4O. The zero-order valence-corrected chi connectivity index (χ0v) is 11.9. The lowest BCUT2D eigenvalue weighted by molar-refractivity contribution is 0.431. The third-order valence-corrected chi connectivity index (χ3v) is 3.45. The SMILES string of the molecule is N#Cc1ccc(-c2nc(-c3ccc(Cl)c(Cl)c3)no2)nc1. The number of pyridine rings is 1. The number of nitriles is 1. The van der Waals surface area contributed by atoms with Gasteiger partial charge >= 0.3 is 0 Å². The third-order valence-electron chi connectivity index (χ3n) is 2.72. The predicted molar refractivity (Wildman–Crippen MR) is 77.7 cm³/mol. The highest BCUT2D eigenvalue weighted by Gasteiger charge is 2.12. The van der Waals surface area contributed by atoms with Crippen LogP contribution >= 0.6 is 23.2 Å². The average Bonchev–Trinajstić information content (AvgIpc) is 3.00. The van der Waals surface area contributed by atoms with Crippen LogP contribution in [-0.2, 0) is 0 Å². The van der Waals surface area contributed by atoms with Crippen molar-refractivity contribution in [3.05, 3.63) is 52.1 Å². The van der Waals surface area contributed by atoms with E-state index in [9.17, 15) is 0 Å². The Balaban J connectivity index is 1.95. The second-order valence-corrected chi connectivity index (χ2v) is 4.91. The summed E-state index contributed by atoms with van der Waals surface area (Å²) in [6.45, 7) is 0. The van der Waals surface area contributed by atoms with Gasteiger partial charge in [-0.05, 0) is 30.3 Å². The van der Waals surface area contributed by atoms with Crippen LogP contribution in [-0.4, -0.2) is 15.1 Å². The largest absolute Gasteiger partial charge is 0.332 e. The number of halogens is 2. The minimum atomic E-state index is 0.264. The van der Waals surface area contributed by atoms with Crippen molar-refractivity contribution in [3.63, 3.8) is 0 Å². The summed E-state index contributed by atoms with van der Waals surface area (Å²) < 4.78 is 5.17. The highest BCUT2D eigenvalue weighted by molar-refractivity contribution is 6.42. The van der Waals surface area contributed by atoms with E-state index in [0.717, 1.165) is 0 Å². The van der Waals surface area contributed by atoms with E-state index >= 15 is 0 Å². The summed E-state index contributed by atoms with van der Waals surface area (Å²) in [5, 5.41) is 13.5. The molecule has 0 amide bonds. The van der Waals surface area contributed by atoms with Gasteiger partial charge in [0, 0.05) is 11.8 Å². The molecule has 0 saturated heterocycles. The first kappa shape index (κ1) is 13.6. The molecule has 0 N–H and O–H groups in total. The quantitative estimate of drug-likeness (QED) is 0.714. The van der Waals surface area contributed by atoms with Crippen LogP contribution in [0.3, 0.4) is 0 Å². The molecule has 2 heterocycles. The predicted octanol–water partition coefficient (Wildman–Crippen LogP) is 3.98. The monoisotopic (exact) mass is 316 g/mol. The van der Waals surface area contributed by atoms with Crippen LogP contribution in [0.25, 0.3) is 23.0 Å². The van der Waals surface area contributed by atoms with Gasteiger partial charge in [0.15, 0.2) is 0 Å². The van der Waals surface area contributed by atoms with Gasteiger partial charge < -0.3 is 4.52 Å². The average molecular weight is 317 g/mol. The van der Waals surface area contributed by atoms with Crippen LogP contribution in [0.5, 0.6) is 0 Å². The third kappa shape index (κ3) is 2.72. The van der Waals surface area contributed by atoms with Crippen molar-refractivity contribution >= 4 is 23.2 Å². The van der Waals surface area contributed by atoms with E-state index in [1.165, 1.54) is 6.20 Å². The van der Waals surface area contributed by atoms with Gasteiger partial charge in [0.1, 0.15) is 11.8 Å². The number of hydrogen-bond acceptors (Lipinski definition) is 5. The highest BCUT2D eigenvalue weighted by atomic mass is 35.5. The molecule has 0 saturated carbocycles. The van der Waals surface area contributed by atoms with Crippen LogP contribution in [0.4, 0.5) is 0 Å². The van der Waals surface area contributed by atoms with E-state index in [2.05, 4.69) is 15.1 Å². The lowest BCUT2D eigenvalue weighted by Gasteiger charge is -1.97. The van der Waals surface area contributed by atoms with E-state index in [1.54, 1.807) is 30.3 Å². The summed E-state index contributed by atoms with van der Waals surface area (Å²) in [6, 6.07) is 10.3. The molecule has 0 spiro atoms. The summed E-state index contributed by atoms with van der Waals surface area (Å²) in [5.74, 6) is 0.648. The van der Waals surface area contributed by atoms with Crippen LogP contribution in [0.2, 0.25) is 10.0 Å². The van der Waals surface area contributed by atoms with Gasteiger partial charge in [0.2, 0.25) is 5.82 Å². The number of hydrogen-bond donors (Lipinski definition) is 0. The Morgan fingerprint density at radius 3 is 2.62 bits per heavy atom. The van der Waals surface area contributed by atoms with E-state index in [1.807, 2.05) is 6.07 Å². The molecule has 102 valence electrons. The van der Waals surface area contributed by atoms with E-state index in [4.69, 9.17) is 33.0 Å². The fraction of sp³-hybridized carbons (Fsp3) is 0. The van der Waals surface area contributed by atoms with Crippen molar-refractivity contribution in [1.82, 2.24) is 15.1 Å². The summed E-state index contributed by atoms with van der Waals surface area (Å²) in [5.41, 5.74) is 1.64. The topological polar surface area (TPSA) is 75.6 Å². The summed E-state index contributed by atoms with van der Waals surface area (Å²) >= 11 is 11.8. The lowest BCUT2D eigenvalue weighted by atomic mass is 10.2. The Kier molecular flexibility index (Phi) is 3.57. The molecule has 7 heteroatoms. The Labute approximate surface area is 129 Å². The van der Waals surface area contributed by atoms with Crippen molar-refractivity contribution in [2.45, 2.75) is 0 Å². The number of rotatable bonds is 2. The fourth-order valence-corrected chi connectivity index (χ4v) is 1.96. The van der Waals surface area contributed by atoms with Gasteiger partial charge in [0.05, 0.1) is 15.6 Å².